The highest BCUT2D eigenvalue weighted by Gasteiger charge is 1.78. The van der Waals surface area contributed by atoms with Crippen LogP contribution in [0.3, 0.4) is 0 Å². The van der Waals surface area contributed by atoms with Crippen molar-refractivity contribution in [2.24, 2.45) is 0 Å². The van der Waals surface area contributed by atoms with E-state index in [4.69, 9.17) is 0 Å². The summed E-state index contributed by atoms with van der Waals surface area (Å²) in [4.78, 5) is 0. The number of hydrogen-bond donors (Lipinski definition) is 5. The standard InChI is InChI=1S/5C4H10S2/c1-5-3-4-6-2;2*1-6-4-2-3-5;1-2-6-4-3-5;5-3-1-2-4-6/h3-4H2,1-2H3;3*5H,2-4H2,1H3;5-6H,1-4H2. The first-order chi connectivity index (χ1) is 14.6. The summed E-state index contributed by atoms with van der Waals surface area (Å²) < 4.78 is 0. The van der Waals surface area contributed by atoms with Gasteiger partial charge < -0.3 is 0 Å². The molecule has 0 aromatic rings. The molecular weight excluding hydrogens is 561 g/mol. The first-order valence-electron chi connectivity index (χ1n) is 10.2. The number of rotatable bonds is 15. The smallest absolute Gasteiger partial charge is 0.00209 e. The van der Waals surface area contributed by atoms with Crippen molar-refractivity contribution >= 4 is 122 Å². The average molecular weight is 611 g/mol. The van der Waals surface area contributed by atoms with E-state index < -0.39 is 0 Å². The fourth-order valence-electron chi connectivity index (χ4n) is 1.02. The van der Waals surface area contributed by atoms with Gasteiger partial charge in [-0.25, -0.2) is 0 Å². The number of thioether (sulfide) groups is 5. The Kier molecular flexibility index (Phi) is 84.8. The Morgan fingerprint density at radius 1 is 0.433 bits per heavy atom. The third-order valence-corrected chi connectivity index (χ3v) is 8.08. The first kappa shape index (κ1) is 43.6. The summed E-state index contributed by atoms with van der Waals surface area (Å²) in [7, 11) is 0. The summed E-state index contributed by atoms with van der Waals surface area (Å²) in [5.41, 5.74) is 0. The predicted molar refractivity (Wildman–Crippen MR) is 184 cm³/mol. The Bertz CT molecular complexity index is 134. The molecule has 0 nitrogen and oxygen atoms in total. The Morgan fingerprint density at radius 3 is 0.900 bits per heavy atom. The lowest BCUT2D eigenvalue weighted by Gasteiger charge is -1.86. The van der Waals surface area contributed by atoms with Crippen LogP contribution in [0.1, 0.15) is 32.6 Å². The molecule has 0 aliphatic rings. The summed E-state index contributed by atoms with van der Waals surface area (Å²) in [5, 5.41) is 0. The Hall–Kier alpha value is 3.50. The fourth-order valence-corrected chi connectivity index (χ4v) is 5.21. The van der Waals surface area contributed by atoms with Crippen molar-refractivity contribution in [1.29, 1.82) is 0 Å². The van der Waals surface area contributed by atoms with Crippen LogP contribution in [0.4, 0.5) is 0 Å². The molecule has 0 spiro atoms. The highest BCUT2D eigenvalue weighted by molar-refractivity contribution is 8.02. The van der Waals surface area contributed by atoms with Gasteiger partial charge in [-0.1, -0.05) is 6.92 Å². The van der Waals surface area contributed by atoms with Crippen molar-refractivity contribution in [2.45, 2.75) is 32.6 Å². The van der Waals surface area contributed by atoms with E-state index >= 15 is 0 Å². The lowest BCUT2D eigenvalue weighted by atomic mass is 10.4. The minimum atomic E-state index is 1.00. The summed E-state index contributed by atoms with van der Waals surface area (Å²) in [6, 6.07) is 0. The van der Waals surface area contributed by atoms with Gasteiger partial charge in [-0.3, -0.25) is 0 Å². The molecule has 30 heavy (non-hydrogen) atoms. The Labute approximate surface area is 240 Å². The van der Waals surface area contributed by atoms with Gasteiger partial charge in [0.1, 0.15) is 0 Å². The van der Waals surface area contributed by atoms with Gasteiger partial charge in [0.25, 0.3) is 0 Å². The monoisotopic (exact) mass is 610 g/mol. The molecule has 0 bridgehead atoms. The molecule has 0 unspecified atom stereocenters. The quantitative estimate of drug-likeness (QED) is 0.0931. The molecule has 0 radical (unpaired) electrons. The minimum Gasteiger partial charge on any atom is -0.179 e. The average Bonchev–Trinajstić information content (AvgIpc) is 2.78. The summed E-state index contributed by atoms with van der Waals surface area (Å²) in [6.07, 6.45) is 13.4. The molecule has 0 rings (SSSR count). The van der Waals surface area contributed by atoms with Crippen molar-refractivity contribution < 1.29 is 0 Å². The molecule has 0 aliphatic heterocycles. The van der Waals surface area contributed by atoms with Crippen LogP contribution in [0, 0.1) is 0 Å². The van der Waals surface area contributed by atoms with E-state index in [9.17, 15) is 0 Å². The molecule has 0 saturated carbocycles. The molecule has 10 heteroatoms. The molecular formula is C20H50S10. The highest BCUT2D eigenvalue weighted by atomic mass is 32.2. The van der Waals surface area contributed by atoms with Crippen LogP contribution in [-0.4, -0.2) is 88.3 Å². The SMILES string of the molecule is CCSCCS.CSCCCS.CSCCCS.CSCCSC.SCCCCS. The van der Waals surface area contributed by atoms with E-state index in [1.54, 1.807) is 0 Å². The van der Waals surface area contributed by atoms with Crippen molar-refractivity contribution in [3.63, 3.8) is 0 Å². The second kappa shape index (κ2) is 58.4. The van der Waals surface area contributed by atoms with Crippen LogP contribution in [-0.2, 0) is 0 Å². The Morgan fingerprint density at radius 2 is 0.767 bits per heavy atom. The molecule has 0 aromatic carbocycles. The number of unbranched alkanes of at least 4 members (excludes halogenated alkanes) is 1. The lowest BCUT2D eigenvalue weighted by molar-refractivity contribution is 0.912. The van der Waals surface area contributed by atoms with Crippen LogP contribution >= 0.6 is 122 Å². The van der Waals surface area contributed by atoms with E-state index in [-0.39, 0.29) is 0 Å². The number of thiol groups is 5. The highest BCUT2D eigenvalue weighted by Crippen LogP contribution is 1.98. The van der Waals surface area contributed by atoms with E-state index in [1.165, 1.54) is 60.2 Å². The second-order valence-corrected chi connectivity index (χ2v) is 12.8. The van der Waals surface area contributed by atoms with Crippen molar-refractivity contribution in [3.8, 4) is 0 Å². The molecule has 190 valence electrons. The minimum absolute atomic E-state index is 1.00. The molecule has 0 fully saturated rings. The summed E-state index contributed by atoms with van der Waals surface area (Å²) in [5.74, 6) is 12.6. The molecule has 0 heterocycles. The van der Waals surface area contributed by atoms with E-state index in [1.807, 2.05) is 58.8 Å². The zero-order valence-electron chi connectivity index (χ0n) is 19.9. The van der Waals surface area contributed by atoms with Crippen LogP contribution < -0.4 is 0 Å². The van der Waals surface area contributed by atoms with Gasteiger partial charge in [0.15, 0.2) is 0 Å². The van der Waals surface area contributed by atoms with Gasteiger partial charge in [0.2, 0.25) is 0 Å². The maximum Gasteiger partial charge on any atom is 0.00209 e. The fraction of sp³-hybridized carbons (Fsp3) is 1.00. The molecule has 0 N–H and O–H groups in total. The van der Waals surface area contributed by atoms with Crippen molar-refractivity contribution in [1.82, 2.24) is 0 Å². The third kappa shape index (κ3) is 85.6. The van der Waals surface area contributed by atoms with Crippen molar-refractivity contribution in [2.75, 3.05) is 88.3 Å². The van der Waals surface area contributed by atoms with Gasteiger partial charge in [0, 0.05) is 17.3 Å². The zero-order chi connectivity index (χ0) is 24.1. The van der Waals surface area contributed by atoms with Crippen LogP contribution in [0.2, 0.25) is 0 Å². The largest absolute Gasteiger partial charge is 0.179 e. The number of hydrogen-bond acceptors (Lipinski definition) is 10. The topological polar surface area (TPSA) is 0 Å². The van der Waals surface area contributed by atoms with Crippen LogP contribution in [0.5, 0.6) is 0 Å². The molecule has 0 aromatic heterocycles. The van der Waals surface area contributed by atoms with Crippen molar-refractivity contribution in [3.05, 3.63) is 0 Å². The zero-order valence-corrected chi connectivity index (χ0v) is 28.4. The van der Waals surface area contributed by atoms with Crippen LogP contribution in [0.15, 0.2) is 0 Å². The maximum absolute atomic E-state index is 4.04. The molecule has 0 amide bonds. The Balaban J connectivity index is -0.0000000868. The summed E-state index contributed by atoms with van der Waals surface area (Å²) in [6.45, 7) is 2.16. The van der Waals surface area contributed by atoms with Gasteiger partial charge in [-0.15, -0.1) is 0 Å². The van der Waals surface area contributed by atoms with E-state index in [0.717, 1.165) is 28.8 Å². The molecule has 0 aliphatic carbocycles. The summed E-state index contributed by atoms with van der Waals surface area (Å²) >= 11 is 29.7. The van der Waals surface area contributed by atoms with Crippen LogP contribution in [0.25, 0.3) is 0 Å². The van der Waals surface area contributed by atoms with Gasteiger partial charge in [0.05, 0.1) is 0 Å². The lowest BCUT2D eigenvalue weighted by Crippen LogP contribution is -1.77. The van der Waals surface area contributed by atoms with Gasteiger partial charge in [-0.05, 0) is 96.7 Å². The van der Waals surface area contributed by atoms with E-state index in [0.29, 0.717) is 0 Å². The predicted octanol–water partition coefficient (Wildman–Crippen LogP) is 8.35. The maximum atomic E-state index is 4.04. The molecule has 0 atom stereocenters. The third-order valence-electron chi connectivity index (χ3n) is 2.51. The first-order valence-corrected chi connectivity index (χ1v) is 20.0. The van der Waals surface area contributed by atoms with Gasteiger partial charge in [-0.2, -0.15) is 122 Å². The van der Waals surface area contributed by atoms with E-state index in [2.05, 4.69) is 95.1 Å². The normalized spacial score (nSPS) is 9.00. The second-order valence-electron chi connectivity index (χ2n) is 5.20. The van der Waals surface area contributed by atoms with Gasteiger partial charge >= 0.3 is 0 Å². The molecule has 0 saturated heterocycles.